The lowest BCUT2D eigenvalue weighted by molar-refractivity contribution is -0.107. The van der Waals surface area contributed by atoms with Crippen molar-refractivity contribution in [3.8, 4) is 11.3 Å². The van der Waals surface area contributed by atoms with E-state index in [9.17, 15) is 9.59 Å². The van der Waals surface area contributed by atoms with Crippen LogP contribution in [-0.4, -0.2) is 17.2 Å². The van der Waals surface area contributed by atoms with E-state index in [1.165, 1.54) is 11.3 Å². The molecule has 28 heavy (non-hydrogen) atoms. The van der Waals surface area contributed by atoms with Gasteiger partial charge in [-0.25, -0.2) is 4.98 Å². The third kappa shape index (κ3) is 9.24. The van der Waals surface area contributed by atoms with E-state index in [1.54, 1.807) is 12.1 Å². The van der Waals surface area contributed by atoms with Crippen LogP contribution in [0.1, 0.15) is 51.4 Å². The number of carbonyl (C=O) groups is 2. The molecule has 3 rings (SSSR count). The third-order valence-electron chi connectivity index (χ3n) is 3.00. The first-order valence-electron chi connectivity index (χ1n) is 9.55. The summed E-state index contributed by atoms with van der Waals surface area (Å²) in [6.45, 7) is 9.81. The largest absolute Gasteiger partial charge is 0.303 e. The van der Waals surface area contributed by atoms with Gasteiger partial charge in [0.05, 0.1) is 5.69 Å². The maximum atomic E-state index is 12.0. The standard InChI is InChI=1S/C16H12N2OS.C3H6O.2C2H6/c19-15(13-9-5-2-6-10-13)18-16-17-14(11-20-16)12-7-3-1-4-8-12;1-2-3-4;2*1-2/h1-11H,(H,17,18,19);3H,2H2,1H3;2*1-2H3. The minimum absolute atomic E-state index is 0.139. The van der Waals surface area contributed by atoms with Gasteiger partial charge in [0.1, 0.15) is 6.29 Å². The van der Waals surface area contributed by atoms with Gasteiger partial charge in [0.25, 0.3) is 5.91 Å². The smallest absolute Gasteiger partial charge is 0.257 e. The Kier molecular flexibility index (Phi) is 14.8. The number of nitrogens with one attached hydrogen (secondary N) is 1. The van der Waals surface area contributed by atoms with Crippen molar-refractivity contribution in [3.05, 3.63) is 71.6 Å². The quantitative estimate of drug-likeness (QED) is 0.497. The third-order valence-corrected chi connectivity index (χ3v) is 3.75. The molecule has 0 aliphatic rings. The maximum Gasteiger partial charge on any atom is 0.257 e. The second kappa shape index (κ2) is 16.4. The monoisotopic (exact) mass is 398 g/mol. The van der Waals surface area contributed by atoms with Crippen LogP contribution in [0, 0.1) is 0 Å². The number of anilines is 1. The van der Waals surface area contributed by atoms with Crippen molar-refractivity contribution < 1.29 is 9.59 Å². The molecule has 0 saturated heterocycles. The van der Waals surface area contributed by atoms with Crippen LogP contribution >= 0.6 is 11.3 Å². The Labute approximate surface area is 172 Å². The fourth-order valence-electron chi connectivity index (χ4n) is 1.83. The second-order valence-corrected chi connectivity index (χ2v) is 5.66. The minimum Gasteiger partial charge on any atom is -0.303 e. The Morgan fingerprint density at radius 1 is 0.964 bits per heavy atom. The van der Waals surface area contributed by atoms with Crippen molar-refractivity contribution in [1.29, 1.82) is 0 Å². The predicted molar refractivity (Wildman–Crippen MR) is 121 cm³/mol. The first kappa shape index (κ1) is 25.2. The van der Waals surface area contributed by atoms with Crippen LogP contribution in [0.4, 0.5) is 5.13 Å². The molecule has 0 aliphatic heterocycles. The number of aldehydes is 1. The lowest BCUT2D eigenvalue weighted by atomic mass is 10.2. The van der Waals surface area contributed by atoms with Gasteiger partial charge in [-0.3, -0.25) is 10.1 Å². The Bertz CT molecular complexity index is 772. The summed E-state index contributed by atoms with van der Waals surface area (Å²) < 4.78 is 0. The molecule has 0 bridgehead atoms. The van der Waals surface area contributed by atoms with Gasteiger partial charge in [-0.15, -0.1) is 11.3 Å². The Hall–Kier alpha value is -2.79. The second-order valence-electron chi connectivity index (χ2n) is 4.80. The van der Waals surface area contributed by atoms with Crippen molar-refractivity contribution in [2.75, 3.05) is 5.32 Å². The number of carbonyl (C=O) groups excluding carboxylic acids is 2. The zero-order chi connectivity index (χ0) is 21.2. The van der Waals surface area contributed by atoms with Crippen LogP contribution in [0.2, 0.25) is 0 Å². The molecule has 0 spiro atoms. The molecular weight excluding hydrogens is 368 g/mol. The molecule has 1 N–H and O–H groups in total. The van der Waals surface area contributed by atoms with Crippen molar-refractivity contribution in [2.24, 2.45) is 0 Å². The van der Waals surface area contributed by atoms with Crippen LogP contribution in [-0.2, 0) is 4.79 Å². The molecular formula is C23H30N2O2S. The molecule has 1 heterocycles. The van der Waals surface area contributed by atoms with Gasteiger partial charge in [0.15, 0.2) is 5.13 Å². The summed E-state index contributed by atoms with van der Waals surface area (Å²) in [5.41, 5.74) is 2.55. The number of benzene rings is 2. The van der Waals surface area contributed by atoms with Gasteiger partial charge in [0.2, 0.25) is 0 Å². The fraction of sp³-hybridized carbons (Fsp3) is 0.261. The van der Waals surface area contributed by atoms with Crippen LogP contribution in [0.3, 0.4) is 0 Å². The summed E-state index contributed by atoms with van der Waals surface area (Å²) in [7, 11) is 0. The van der Waals surface area contributed by atoms with Gasteiger partial charge >= 0.3 is 0 Å². The molecule has 0 radical (unpaired) electrons. The van der Waals surface area contributed by atoms with E-state index < -0.39 is 0 Å². The van der Waals surface area contributed by atoms with Gasteiger partial charge < -0.3 is 4.79 Å². The van der Waals surface area contributed by atoms with E-state index in [-0.39, 0.29) is 5.91 Å². The average molecular weight is 399 g/mol. The van der Waals surface area contributed by atoms with Gasteiger partial charge in [-0.05, 0) is 12.1 Å². The number of aromatic nitrogens is 1. The van der Waals surface area contributed by atoms with Crippen molar-refractivity contribution in [1.82, 2.24) is 4.98 Å². The molecule has 5 heteroatoms. The van der Waals surface area contributed by atoms with Crippen LogP contribution < -0.4 is 5.32 Å². The fourth-order valence-corrected chi connectivity index (χ4v) is 2.55. The van der Waals surface area contributed by atoms with E-state index >= 15 is 0 Å². The first-order chi connectivity index (χ1) is 13.7. The summed E-state index contributed by atoms with van der Waals surface area (Å²) in [6, 6.07) is 19.0. The predicted octanol–water partition coefficient (Wildman–Crippen LogP) is 6.71. The molecule has 3 aromatic rings. The number of amides is 1. The zero-order valence-corrected chi connectivity index (χ0v) is 18.1. The summed E-state index contributed by atoms with van der Waals surface area (Å²) >= 11 is 1.42. The minimum atomic E-state index is -0.139. The highest BCUT2D eigenvalue weighted by Gasteiger charge is 2.09. The van der Waals surface area contributed by atoms with Crippen LogP contribution in [0.15, 0.2) is 66.0 Å². The number of nitrogens with zero attached hydrogens (tertiary/aromatic N) is 1. The van der Waals surface area contributed by atoms with E-state index in [2.05, 4.69) is 10.3 Å². The first-order valence-corrected chi connectivity index (χ1v) is 10.4. The highest BCUT2D eigenvalue weighted by Crippen LogP contribution is 2.24. The molecule has 0 aliphatic carbocycles. The molecule has 0 saturated carbocycles. The molecule has 0 atom stereocenters. The molecule has 1 amide bonds. The Morgan fingerprint density at radius 3 is 1.96 bits per heavy atom. The van der Waals surface area contributed by atoms with Crippen LogP contribution in [0.5, 0.6) is 0 Å². The zero-order valence-electron chi connectivity index (χ0n) is 17.3. The summed E-state index contributed by atoms with van der Waals surface area (Å²) in [5.74, 6) is -0.139. The van der Waals surface area contributed by atoms with E-state index in [0.29, 0.717) is 17.1 Å². The highest BCUT2D eigenvalue weighted by molar-refractivity contribution is 7.14. The molecule has 4 nitrogen and oxygen atoms in total. The summed E-state index contributed by atoms with van der Waals surface area (Å²) in [6.07, 6.45) is 1.51. The molecule has 0 unspecified atom stereocenters. The SMILES string of the molecule is CC.CC.CCC=O.O=C(Nc1nc(-c2ccccc2)cs1)c1ccccc1. The lowest BCUT2D eigenvalue weighted by Gasteiger charge is -2.00. The van der Waals surface area contributed by atoms with E-state index in [1.807, 2.05) is 88.5 Å². The summed E-state index contributed by atoms with van der Waals surface area (Å²) in [5, 5.41) is 5.37. The number of rotatable bonds is 4. The van der Waals surface area contributed by atoms with E-state index in [4.69, 9.17) is 0 Å². The topological polar surface area (TPSA) is 59.1 Å². The van der Waals surface area contributed by atoms with E-state index in [0.717, 1.165) is 17.5 Å². The van der Waals surface area contributed by atoms with Gasteiger partial charge in [-0.1, -0.05) is 83.1 Å². The number of hydrogen-bond acceptors (Lipinski definition) is 4. The van der Waals surface area contributed by atoms with Crippen molar-refractivity contribution in [2.45, 2.75) is 41.0 Å². The normalized spacial score (nSPS) is 8.61. The highest BCUT2D eigenvalue weighted by atomic mass is 32.1. The average Bonchev–Trinajstić information content (AvgIpc) is 3.26. The lowest BCUT2D eigenvalue weighted by Crippen LogP contribution is -2.11. The molecule has 1 aromatic heterocycles. The van der Waals surface area contributed by atoms with Crippen molar-refractivity contribution in [3.63, 3.8) is 0 Å². The van der Waals surface area contributed by atoms with Crippen molar-refractivity contribution >= 4 is 28.7 Å². The van der Waals surface area contributed by atoms with Gasteiger partial charge in [0, 0.05) is 22.9 Å². The van der Waals surface area contributed by atoms with Gasteiger partial charge in [-0.2, -0.15) is 0 Å². The van der Waals surface area contributed by atoms with Crippen LogP contribution in [0.25, 0.3) is 11.3 Å². The molecule has 0 fully saturated rings. The number of hydrogen-bond donors (Lipinski definition) is 1. The molecule has 2 aromatic carbocycles. The summed E-state index contributed by atoms with van der Waals surface area (Å²) in [4.78, 5) is 25.6. The maximum absolute atomic E-state index is 12.0. The number of thiazole rings is 1. The Morgan fingerprint density at radius 2 is 1.46 bits per heavy atom. The molecule has 150 valence electrons. The Balaban J connectivity index is 0.000000797.